The van der Waals surface area contributed by atoms with Crippen molar-refractivity contribution in [3.05, 3.63) is 59.9 Å². The first kappa shape index (κ1) is 20.9. The zero-order chi connectivity index (χ0) is 20.0. The lowest BCUT2D eigenvalue weighted by Crippen LogP contribution is -2.29. The van der Waals surface area contributed by atoms with E-state index >= 15 is 0 Å². The zero-order valence-electron chi connectivity index (χ0n) is 15.8. The molecule has 148 valence electrons. The Hall–Kier alpha value is -2.37. The van der Waals surface area contributed by atoms with Crippen LogP contribution in [-0.2, 0) is 10.9 Å². The van der Waals surface area contributed by atoms with Gasteiger partial charge in [0.15, 0.2) is 0 Å². The first-order valence-corrected chi connectivity index (χ1v) is 9.10. The van der Waals surface area contributed by atoms with Crippen molar-refractivity contribution >= 4 is 11.4 Å². The summed E-state index contributed by atoms with van der Waals surface area (Å²) in [5.41, 5.74) is 5.87. The summed E-state index contributed by atoms with van der Waals surface area (Å²) in [4.78, 5) is 0. The molecule has 0 unspecified atom stereocenters. The van der Waals surface area contributed by atoms with Crippen LogP contribution in [0.4, 0.5) is 24.5 Å². The highest BCUT2D eigenvalue weighted by Gasteiger charge is 2.33. The Morgan fingerprint density at radius 1 is 1.26 bits per heavy atom. The number of halogens is 3. The number of nitrogens with one attached hydrogen (secondary N) is 1. The Morgan fingerprint density at radius 3 is 2.48 bits per heavy atom. The molecule has 27 heavy (non-hydrogen) atoms. The molecule has 0 aliphatic heterocycles. The molecule has 0 saturated heterocycles. The molecule has 0 bridgehead atoms. The molecule has 3 N–H and O–H groups in total. The van der Waals surface area contributed by atoms with E-state index in [9.17, 15) is 13.2 Å². The van der Waals surface area contributed by atoms with Gasteiger partial charge in [-0.15, -0.1) is 0 Å². The summed E-state index contributed by atoms with van der Waals surface area (Å²) in [7, 11) is 0. The third kappa shape index (κ3) is 6.08. The molecular formula is C21H27F3N2O. The highest BCUT2D eigenvalue weighted by atomic mass is 19.4. The minimum atomic E-state index is -4.45. The van der Waals surface area contributed by atoms with Crippen molar-refractivity contribution < 1.29 is 17.9 Å². The van der Waals surface area contributed by atoms with Crippen LogP contribution in [0.1, 0.15) is 45.1 Å². The number of nitrogen functional groups attached to an aromatic ring is 1. The van der Waals surface area contributed by atoms with Crippen LogP contribution in [0.5, 0.6) is 0 Å². The molecular weight excluding hydrogens is 353 g/mol. The van der Waals surface area contributed by atoms with E-state index in [1.165, 1.54) is 6.07 Å². The van der Waals surface area contributed by atoms with Crippen LogP contribution in [0.2, 0.25) is 0 Å². The molecule has 2 rings (SSSR count). The average molecular weight is 380 g/mol. The second-order valence-electron chi connectivity index (χ2n) is 6.82. The molecule has 0 heterocycles. The first-order valence-electron chi connectivity index (χ1n) is 9.10. The van der Waals surface area contributed by atoms with Gasteiger partial charge in [-0.25, -0.2) is 0 Å². The summed E-state index contributed by atoms with van der Waals surface area (Å²) >= 11 is 0. The van der Waals surface area contributed by atoms with Gasteiger partial charge in [-0.05, 0) is 75.5 Å². The molecule has 1 aromatic rings. The maximum absolute atomic E-state index is 13.0. The molecule has 1 aliphatic carbocycles. The van der Waals surface area contributed by atoms with E-state index in [1.54, 1.807) is 12.1 Å². The highest BCUT2D eigenvalue weighted by Crippen LogP contribution is 2.36. The van der Waals surface area contributed by atoms with E-state index in [4.69, 9.17) is 10.5 Å². The number of anilines is 2. The van der Waals surface area contributed by atoms with Gasteiger partial charge in [-0.3, -0.25) is 0 Å². The van der Waals surface area contributed by atoms with Crippen molar-refractivity contribution in [2.24, 2.45) is 0 Å². The minimum absolute atomic E-state index is 0.111. The fourth-order valence-electron chi connectivity index (χ4n) is 3.11. The van der Waals surface area contributed by atoms with Gasteiger partial charge in [0.2, 0.25) is 0 Å². The lowest BCUT2D eigenvalue weighted by atomic mass is 9.92. The van der Waals surface area contributed by atoms with Gasteiger partial charge in [0, 0.05) is 17.4 Å². The fraction of sp³-hybridized carbons (Fsp3) is 0.429. The van der Waals surface area contributed by atoms with Gasteiger partial charge < -0.3 is 15.8 Å². The second kappa shape index (κ2) is 9.02. The van der Waals surface area contributed by atoms with Crippen LogP contribution >= 0.6 is 0 Å². The molecule has 1 aliphatic rings. The van der Waals surface area contributed by atoms with Gasteiger partial charge in [0.25, 0.3) is 0 Å². The number of allylic oxidation sites excluding steroid dienone is 4. The Morgan fingerprint density at radius 2 is 1.93 bits per heavy atom. The molecule has 0 aromatic heterocycles. The summed E-state index contributed by atoms with van der Waals surface area (Å²) in [5.74, 6) is 0.817. The number of alkyl halides is 3. The molecule has 3 nitrogen and oxygen atoms in total. The van der Waals surface area contributed by atoms with E-state index in [0.717, 1.165) is 43.1 Å². The SMILES string of the molecule is C=C/C(C)=C\C(=C/C)O[C@H]1CC[C@H](Nc2ccc(N)c(C(F)(F)F)c2)CC1. The third-order valence-electron chi connectivity index (χ3n) is 4.68. The topological polar surface area (TPSA) is 47.3 Å². The monoisotopic (exact) mass is 380 g/mol. The Labute approximate surface area is 158 Å². The van der Waals surface area contributed by atoms with E-state index in [1.807, 2.05) is 26.0 Å². The highest BCUT2D eigenvalue weighted by molar-refractivity contribution is 5.58. The van der Waals surface area contributed by atoms with Crippen LogP contribution in [0.3, 0.4) is 0 Å². The molecule has 1 fully saturated rings. The fourth-order valence-corrected chi connectivity index (χ4v) is 3.11. The number of nitrogens with two attached hydrogens (primary N) is 1. The van der Waals surface area contributed by atoms with Crippen LogP contribution < -0.4 is 11.1 Å². The van der Waals surface area contributed by atoms with E-state index < -0.39 is 11.7 Å². The average Bonchev–Trinajstić information content (AvgIpc) is 2.63. The summed E-state index contributed by atoms with van der Waals surface area (Å²) in [5, 5.41) is 3.20. The predicted molar refractivity (Wildman–Crippen MR) is 104 cm³/mol. The van der Waals surface area contributed by atoms with Crippen LogP contribution in [0, 0.1) is 0 Å². The molecule has 0 amide bonds. The maximum Gasteiger partial charge on any atom is 0.418 e. The summed E-state index contributed by atoms with van der Waals surface area (Å²) < 4.78 is 45.0. The smallest absolute Gasteiger partial charge is 0.418 e. The van der Waals surface area contributed by atoms with Gasteiger partial charge in [-0.1, -0.05) is 12.7 Å². The molecule has 1 aromatic carbocycles. The van der Waals surface area contributed by atoms with Crippen molar-refractivity contribution in [1.29, 1.82) is 0 Å². The molecule has 6 heteroatoms. The lowest BCUT2D eigenvalue weighted by molar-refractivity contribution is -0.136. The van der Waals surface area contributed by atoms with Crippen LogP contribution in [-0.4, -0.2) is 12.1 Å². The Balaban J connectivity index is 1.92. The largest absolute Gasteiger partial charge is 0.491 e. The first-order chi connectivity index (χ1) is 12.7. The van der Waals surface area contributed by atoms with Gasteiger partial charge in [-0.2, -0.15) is 13.2 Å². The standard InChI is InChI=1S/C21H27F3N2O/c1-4-14(3)12-17(5-2)27-18-9-6-15(7-10-18)26-16-8-11-20(25)19(13-16)21(22,23)24/h4-5,8,11-13,15,18,26H,1,6-7,9-10,25H2,2-3H3/b14-12-,17-5+/t15-,18-. The van der Waals surface area contributed by atoms with E-state index in [-0.39, 0.29) is 17.8 Å². The van der Waals surface area contributed by atoms with Crippen molar-refractivity contribution in [1.82, 2.24) is 0 Å². The number of benzene rings is 1. The number of rotatable bonds is 6. The number of ether oxygens (including phenoxy) is 1. The normalized spacial score (nSPS) is 21.7. The molecule has 1 saturated carbocycles. The zero-order valence-corrected chi connectivity index (χ0v) is 15.8. The van der Waals surface area contributed by atoms with Gasteiger partial charge >= 0.3 is 6.18 Å². The van der Waals surface area contributed by atoms with Crippen molar-refractivity contribution in [2.45, 2.75) is 57.9 Å². The van der Waals surface area contributed by atoms with Gasteiger partial charge in [0.1, 0.15) is 5.76 Å². The minimum Gasteiger partial charge on any atom is -0.491 e. The van der Waals surface area contributed by atoms with E-state index in [2.05, 4.69) is 11.9 Å². The Kier molecular flexibility index (Phi) is 6.99. The Bertz CT molecular complexity index is 715. The second-order valence-corrected chi connectivity index (χ2v) is 6.82. The third-order valence-corrected chi connectivity index (χ3v) is 4.68. The van der Waals surface area contributed by atoms with Gasteiger partial charge in [0.05, 0.1) is 11.7 Å². The van der Waals surface area contributed by atoms with E-state index in [0.29, 0.717) is 5.69 Å². The summed E-state index contributed by atoms with van der Waals surface area (Å²) in [6.45, 7) is 7.62. The molecule has 0 radical (unpaired) electrons. The number of hydrogen-bond acceptors (Lipinski definition) is 3. The van der Waals surface area contributed by atoms with Crippen molar-refractivity contribution in [2.75, 3.05) is 11.1 Å². The summed E-state index contributed by atoms with van der Waals surface area (Å²) in [6, 6.07) is 4.09. The molecule has 0 atom stereocenters. The van der Waals surface area contributed by atoms with Crippen LogP contribution in [0.25, 0.3) is 0 Å². The van der Waals surface area contributed by atoms with Crippen LogP contribution in [0.15, 0.2) is 54.3 Å². The van der Waals surface area contributed by atoms with Crippen molar-refractivity contribution in [3.8, 4) is 0 Å². The predicted octanol–water partition coefficient (Wildman–Crippen LogP) is 6.06. The van der Waals surface area contributed by atoms with Crippen molar-refractivity contribution in [3.63, 3.8) is 0 Å². The molecule has 0 spiro atoms. The maximum atomic E-state index is 13.0. The quantitative estimate of drug-likeness (QED) is 0.358. The summed E-state index contributed by atoms with van der Waals surface area (Å²) in [6.07, 6.45) is 4.65. The lowest BCUT2D eigenvalue weighted by Gasteiger charge is -2.30. The number of hydrogen-bond donors (Lipinski definition) is 2.